The van der Waals surface area contributed by atoms with Crippen LogP contribution in [0, 0.1) is 0 Å². The Balaban J connectivity index is 2.14. The summed E-state index contributed by atoms with van der Waals surface area (Å²) >= 11 is 1.10. The molecule has 1 amide bonds. The van der Waals surface area contributed by atoms with Gasteiger partial charge < -0.3 is 4.90 Å². The first kappa shape index (κ1) is 15.5. The minimum atomic E-state index is -3.51. The number of hydrogen-bond donors (Lipinski definition) is 1. The number of carbonyl (C=O) groups excluding carboxylic acids is 1. The van der Waals surface area contributed by atoms with Gasteiger partial charge in [0.15, 0.2) is 0 Å². The number of nitrogens with one attached hydrogen (secondary N) is 1. The van der Waals surface area contributed by atoms with E-state index in [1.54, 1.807) is 10.3 Å². The second-order valence-corrected chi connectivity index (χ2v) is 7.94. The first-order valence-corrected chi connectivity index (χ1v) is 9.20. The van der Waals surface area contributed by atoms with Gasteiger partial charge in [0.05, 0.1) is 5.56 Å². The van der Waals surface area contributed by atoms with Crippen LogP contribution in [0.25, 0.3) is 0 Å². The van der Waals surface area contributed by atoms with Crippen LogP contribution in [0.1, 0.15) is 43.5 Å². The van der Waals surface area contributed by atoms with Gasteiger partial charge in [-0.2, -0.15) is 0 Å². The van der Waals surface area contributed by atoms with Gasteiger partial charge in [-0.3, -0.25) is 4.79 Å². The zero-order valence-electron chi connectivity index (χ0n) is 11.8. The van der Waals surface area contributed by atoms with Crippen molar-refractivity contribution >= 4 is 27.3 Å². The lowest BCUT2D eigenvalue weighted by atomic mass is 10.3. The van der Waals surface area contributed by atoms with Gasteiger partial charge in [-0.25, -0.2) is 13.1 Å². The van der Waals surface area contributed by atoms with Gasteiger partial charge in [0.2, 0.25) is 10.0 Å². The first-order valence-electron chi connectivity index (χ1n) is 6.84. The molecule has 1 aromatic rings. The van der Waals surface area contributed by atoms with Gasteiger partial charge in [-0.05, 0) is 32.3 Å². The van der Waals surface area contributed by atoms with E-state index < -0.39 is 10.0 Å². The van der Waals surface area contributed by atoms with Crippen molar-refractivity contribution in [3.8, 4) is 0 Å². The quantitative estimate of drug-likeness (QED) is 0.904. The second-order valence-electron chi connectivity index (χ2n) is 5.08. The van der Waals surface area contributed by atoms with Crippen molar-refractivity contribution in [3.63, 3.8) is 0 Å². The monoisotopic (exact) mass is 316 g/mol. The molecule has 1 saturated heterocycles. The summed E-state index contributed by atoms with van der Waals surface area (Å²) < 4.78 is 27.1. The number of thiophene rings is 1. The van der Waals surface area contributed by atoms with E-state index in [0.29, 0.717) is 5.56 Å². The van der Waals surface area contributed by atoms with E-state index in [1.807, 2.05) is 13.8 Å². The summed E-state index contributed by atoms with van der Waals surface area (Å²) in [5, 5.41) is 1.63. The fourth-order valence-electron chi connectivity index (χ4n) is 2.08. The summed E-state index contributed by atoms with van der Waals surface area (Å²) in [5.74, 6) is -0.0660. The Kier molecular flexibility index (Phi) is 4.82. The number of carbonyl (C=O) groups is 1. The summed E-state index contributed by atoms with van der Waals surface area (Å²) in [4.78, 5) is 14.0. The molecule has 112 valence electrons. The number of likely N-dealkylation sites (tertiary alicyclic amines) is 1. The second kappa shape index (κ2) is 6.24. The van der Waals surface area contributed by atoms with Crippen molar-refractivity contribution in [2.75, 3.05) is 13.1 Å². The molecule has 1 aromatic heterocycles. The van der Waals surface area contributed by atoms with Crippen LogP contribution in [0.2, 0.25) is 0 Å². The van der Waals surface area contributed by atoms with Crippen molar-refractivity contribution in [3.05, 3.63) is 17.0 Å². The van der Waals surface area contributed by atoms with Crippen LogP contribution in [0.5, 0.6) is 0 Å². The number of sulfonamides is 1. The molecule has 0 aliphatic carbocycles. The molecule has 1 atom stereocenters. The maximum absolute atomic E-state index is 12.2. The molecule has 2 rings (SSSR count). The van der Waals surface area contributed by atoms with Gasteiger partial charge in [-0.15, -0.1) is 11.3 Å². The number of amides is 1. The van der Waals surface area contributed by atoms with Crippen LogP contribution in [0.15, 0.2) is 15.7 Å². The third-order valence-electron chi connectivity index (χ3n) is 3.45. The van der Waals surface area contributed by atoms with Crippen LogP contribution in [0.3, 0.4) is 0 Å². The Morgan fingerprint density at radius 2 is 2.10 bits per heavy atom. The lowest BCUT2D eigenvalue weighted by Crippen LogP contribution is -2.31. The summed E-state index contributed by atoms with van der Waals surface area (Å²) in [5.41, 5.74) is 0.474. The van der Waals surface area contributed by atoms with Crippen molar-refractivity contribution in [1.82, 2.24) is 9.62 Å². The predicted octanol–water partition coefficient (Wildman–Crippen LogP) is 2.06. The number of rotatable bonds is 5. The van der Waals surface area contributed by atoms with Crippen LogP contribution in [0.4, 0.5) is 0 Å². The molecule has 20 heavy (non-hydrogen) atoms. The average Bonchev–Trinajstić information content (AvgIpc) is 3.08. The van der Waals surface area contributed by atoms with Gasteiger partial charge in [0.1, 0.15) is 4.21 Å². The lowest BCUT2D eigenvalue weighted by Gasteiger charge is -2.13. The van der Waals surface area contributed by atoms with E-state index in [1.165, 1.54) is 6.07 Å². The minimum absolute atomic E-state index is 0.0660. The molecular formula is C13H20N2O3S2. The fourth-order valence-corrected chi connectivity index (χ4v) is 4.58. The Labute approximate surface area is 124 Å². The topological polar surface area (TPSA) is 66.5 Å². The molecule has 0 bridgehead atoms. The summed E-state index contributed by atoms with van der Waals surface area (Å²) in [6.45, 7) is 5.27. The molecule has 0 aromatic carbocycles. The first-order chi connectivity index (χ1) is 9.44. The lowest BCUT2D eigenvalue weighted by molar-refractivity contribution is 0.0793. The van der Waals surface area contributed by atoms with E-state index in [2.05, 4.69) is 4.72 Å². The minimum Gasteiger partial charge on any atom is -0.339 e. The summed E-state index contributed by atoms with van der Waals surface area (Å²) in [6.07, 6.45) is 2.78. The number of hydrogen-bond acceptors (Lipinski definition) is 4. The van der Waals surface area contributed by atoms with E-state index >= 15 is 0 Å². The SMILES string of the molecule is CCC(C)NS(=O)(=O)c1cc(C(=O)N2CCCC2)cs1. The Hall–Kier alpha value is -0.920. The van der Waals surface area contributed by atoms with Crippen molar-refractivity contribution < 1.29 is 13.2 Å². The van der Waals surface area contributed by atoms with Gasteiger partial charge in [-0.1, -0.05) is 6.92 Å². The van der Waals surface area contributed by atoms with Gasteiger partial charge >= 0.3 is 0 Å². The maximum Gasteiger partial charge on any atom is 0.254 e. The molecule has 1 aliphatic rings. The maximum atomic E-state index is 12.2. The van der Waals surface area contributed by atoms with Crippen LogP contribution in [-0.4, -0.2) is 38.4 Å². The Morgan fingerprint density at radius 1 is 1.45 bits per heavy atom. The molecule has 0 spiro atoms. The molecule has 1 aliphatic heterocycles. The highest BCUT2D eigenvalue weighted by Gasteiger charge is 2.24. The molecule has 0 saturated carbocycles. The van der Waals surface area contributed by atoms with E-state index in [0.717, 1.165) is 43.7 Å². The normalized spacial score (nSPS) is 17.4. The Morgan fingerprint density at radius 3 is 2.70 bits per heavy atom. The van der Waals surface area contributed by atoms with Crippen LogP contribution >= 0.6 is 11.3 Å². The molecule has 2 heterocycles. The van der Waals surface area contributed by atoms with E-state index in [4.69, 9.17) is 0 Å². The summed E-state index contributed by atoms with van der Waals surface area (Å²) in [6, 6.07) is 1.37. The molecule has 1 fully saturated rings. The van der Waals surface area contributed by atoms with Crippen LogP contribution in [-0.2, 0) is 10.0 Å². The van der Waals surface area contributed by atoms with E-state index in [9.17, 15) is 13.2 Å². The molecular weight excluding hydrogens is 296 g/mol. The highest BCUT2D eigenvalue weighted by Crippen LogP contribution is 2.23. The molecule has 0 radical (unpaired) electrons. The molecule has 5 nitrogen and oxygen atoms in total. The highest BCUT2D eigenvalue weighted by molar-refractivity contribution is 7.91. The zero-order valence-corrected chi connectivity index (χ0v) is 13.4. The molecule has 1 N–H and O–H groups in total. The highest BCUT2D eigenvalue weighted by atomic mass is 32.2. The van der Waals surface area contributed by atoms with E-state index in [-0.39, 0.29) is 16.2 Å². The standard InChI is InChI=1S/C13H20N2O3S2/c1-3-10(2)14-20(17,18)12-8-11(9-19-12)13(16)15-6-4-5-7-15/h8-10,14H,3-7H2,1-2H3. The average molecular weight is 316 g/mol. The van der Waals surface area contributed by atoms with Gasteiger partial charge in [0.25, 0.3) is 5.91 Å². The number of nitrogens with zero attached hydrogens (tertiary/aromatic N) is 1. The summed E-state index contributed by atoms with van der Waals surface area (Å²) in [7, 11) is -3.51. The van der Waals surface area contributed by atoms with Crippen molar-refractivity contribution in [2.45, 2.75) is 43.4 Å². The fraction of sp³-hybridized carbons (Fsp3) is 0.615. The third-order valence-corrected chi connectivity index (χ3v) is 6.48. The predicted molar refractivity (Wildman–Crippen MR) is 79.5 cm³/mol. The smallest absolute Gasteiger partial charge is 0.254 e. The van der Waals surface area contributed by atoms with Crippen molar-refractivity contribution in [1.29, 1.82) is 0 Å². The van der Waals surface area contributed by atoms with Crippen LogP contribution < -0.4 is 4.72 Å². The Bertz CT molecular complexity index is 574. The van der Waals surface area contributed by atoms with Gasteiger partial charge in [0, 0.05) is 24.5 Å². The molecule has 7 heteroatoms. The third kappa shape index (κ3) is 3.39. The van der Waals surface area contributed by atoms with Crippen molar-refractivity contribution in [2.24, 2.45) is 0 Å². The molecule has 1 unspecified atom stereocenters. The zero-order chi connectivity index (χ0) is 14.8. The largest absolute Gasteiger partial charge is 0.339 e.